The molecule has 0 radical (unpaired) electrons. The summed E-state index contributed by atoms with van der Waals surface area (Å²) in [6, 6.07) is -8.01. The van der Waals surface area contributed by atoms with Gasteiger partial charge in [-0.25, -0.2) is 14.8 Å². The van der Waals surface area contributed by atoms with E-state index in [1.165, 1.54) is 43.7 Å². The fourth-order valence-electron chi connectivity index (χ4n) is 4.88. The average Bonchev–Trinajstić information content (AvgIpc) is 3.84. The van der Waals surface area contributed by atoms with E-state index in [0.717, 1.165) is 0 Å². The number of hydrogen-bond acceptors (Lipinski definition) is 13. The topological polar surface area (TPSA) is 336 Å². The van der Waals surface area contributed by atoms with Crippen LogP contribution in [0.4, 0.5) is 0 Å². The number of aliphatic hydroxyl groups is 2. The molecule has 0 aliphatic rings. The zero-order valence-corrected chi connectivity index (χ0v) is 31.3. The van der Waals surface area contributed by atoms with Crippen LogP contribution in [0.2, 0.25) is 0 Å². The Hall–Kier alpha value is -5.06. The van der Waals surface area contributed by atoms with Gasteiger partial charge in [-0.2, -0.15) is 11.8 Å². The number of nitrogens with two attached hydrogens (primary N) is 1. The van der Waals surface area contributed by atoms with E-state index in [-0.39, 0.29) is 31.6 Å². The highest BCUT2D eigenvalue weighted by Crippen LogP contribution is 2.09. The summed E-state index contributed by atoms with van der Waals surface area (Å²) in [5, 5.41) is 44.0. The van der Waals surface area contributed by atoms with Crippen molar-refractivity contribution in [3.8, 4) is 0 Å². The molecule has 7 atom stereocenters. The smallest absolute Gasteiger partial charge is 0.326 e. The third-order valence-electron chi connectivity index (χ3n) is 7.87. The number of aliphatic carboxylic acids is 1. The van der Waals surface area contributed by atoms with Crippen molar-refractivity contribution in [2.45, 2.75) is 88.8 Å². The Morgan fingerprint density at radius 1 is 0.759 bits per heavy atom. The van der Waals surface area contributed by atoms with Crippen LogP contribution in [0.15, 0.2) is 25.0 Å². The molecule has 2 aromatic heterocycles. The highest BCUT2D eigenvalue weighted by Gasteiger charge is 2.33. The maximum atomic E-state index is 13.7. The number of H-pyrrole nitrogens is 2. The SMILES string of the molecule is CSCC[C@H](NC(=O)CNC(=O)[C@@H](N)[C@@H](C)O)C(=O)N[C@@H](CO)C(=O)N[C@@H](CC(C)C)C(=O)N[C@@H](Cc1cnc[nH]1)C(=O)N[C@@H](Cc1cnc[nH]1)C(=O)O. The number of nitrogens with one attached hydrogen (secondary N) is 8. The molecule has 0 spiro atoms. The van der Waals surface area contributed by atoms with Crippen molar-refractivity contribution in [2.75, 3.05) is 25.2 Å². The maximum absolute atomic E-state index is 13.7. The molecule has 54 heavy (non-hydrogen) atoms. The molecule has 2 aromatic rings. The first-order valence-electron chi connectivity index (χ1n) is 17.0. The number of carbonyl (C=O) groups is 7. The zero-order valence-electron chi connectivity index (χ0n) is 30.5. The van der Waals surface area contributed by atoms with E-state index in [4.69, 9.17) is 5.73 Å². The van der Waals surface area contributed by atoms with Gasteiger partial charge in [-0.3, -0.25) is 28.8 Å². The van der Waals surface area contributed by atoms with Crippen molar-refractivity contribution in [1.29, 1.82) is 0 Å². The first-order chi connectivity index (χ1) is 25.6. The molecule has 6 amide bonds. The third kappa shape index (κ3) is 15.5. The van der Waals surface area contributed by atoms with Gasteiger partial charge < -0.3 is 62.9 Å². The number of hydrogen-bond donors (Lipinski definition) is 12. The lowest BCUT2D eigenvalue weighted by molar-refractivity contribution is -0.142. The Kier molecular flexibility index (Phi) is 19.1. The highest BCUT2D eigenvalue weighted by molar-refractivity contribution is 7.98. The van der Waals surface area contributed by atoms with Gasteiger partial charge in [0.2, 0.25) is 35.4 Å². The van der Waals surface area contributed by atoms with Crippen molar-refractivity contribution in [1.82, 2.24) is 51.8 Å². The first kappa shape index (κ1) is 45.1. The number of imidazole rings is 2. The standard InChI is InChI=1S/C32H51N11O10S/c1-16(2)7-21(28(48)41-22(8-18-10-34-14-37-18)29(49)42-23(32(52)53)9-19-11-35-15-38-19)40-30(50)24(13-44)43-27(47)20(5-6-54-4)39-25(46)12-36-31(51)26(33)17(3)45/h10-11,14-17,20-24,26,44-45H,5-9,12-13,33H2,1-4H3,(H,34,37)(H,35,38)(H,36,51)(H,39,46)(H,40,50)(H,41,48)(H,42,49)(H,43,47)(H,52,53)/t17-,20+,21+,22+,23+,24+,26+/m1/s1. The largest absolute Gasteiger partial charge is 0.480 e. The van der Waals surface area contributed by atoms with E-state index in [2.05, 4.69) is 51.8 Å². The normalized spacial score (nSPS) is 15.0. The van der Waals surface area contributed by atoms with Crippen LogP contribution in [0.3, 0.4) is 0 Å². The second kappa shape index (κ2) is 22.9. The number of amides is 6. The summed E-state index contributed by atoms with van der Waals surface area (Å²) in [7, 11) is 0. The number of carboxylic acids is 1. The Morgan fingerprint density at radius 3 is 1.76 bits per heavy atom. The molecular formula is C32H51N11O10S. The molecule has 0 bridgehead atoms. The van der Waals surface area contributed by atoms with Gasteiger partial charge >= 0.3 is 5.97 Å². The molecule has 13 N–H and O–H groups in total. The van der Waals surface area contributed by atoms with Crippen molar-refractivity contribution in [2.24, 2.45) is 11.7 Å². The molecule has 22 heteroatoms. The van der Waals surface area contributed by atoms with Crippen LogP contribution in [0.5, 0.6) is 0 Å². The summed E-state index contributed by atoms with van der Waals surface area (Å²) in [6.45, 7) is 3.42. The monoisotopic (exact) mass is 781 g/mol. The lowest BCUT2D eigenvalue weighted by Gasteiger charge is -2.27. The molecule has 0 saturated carbocycles. The molecule has 0 saturated heterocycles. The Bertz CT molecular complexity index is 1520. The predicted octanol–water partition coefficient (Wildman–Crippen LogP) is -3.96. The van der Waals surface area contributed by atoms with Gasteiger partial charge in [0.05, 0.1) is 31.9 Å². The van der Waals surface area contributed by atoms with Crippen molar-refractivity contribution in [3.05, 3.63) is 36.4 Å². The van der Waals surface area contributed by atoms with Gasteiger partial charge in [-0.1, -0.05) is 13.8 Å². The van der Waals surface area contributed by atoms with Crippen molar-refractivity contribution < 1.29 is 48.9 Å². The van der Waals surface area contributed by atoms with Crippen LogP contribution in [0.25, 0.3) is 0 Å². The number of carboxylic acid groups (broad SMARTS) is 1. The first-order valence-corrected chi connectivity index (χ1v) is 18.4. The van der Waals surface area contributed by atoms with Gasteiger partial charge in [-0.15, -0.1) is 0 Å². The summed E-state index contributed by atoms with van der Waals surface area (Å²) < 4.78 is 0. The van der Waals surface area contributed by atoms with Gasteiger partial charge in [0.15, 0.2) is 0 Å². The van der Waals surface area contributed by atoms with E-state index in [0.29, 0.717) is 17.1 Å². The molecule has 0 aliphatic carbocycles. The predicted molar refractivity (Wildman–Crippen MR) is 194 cm³/mol. The fraction of sp³-hybridized carbons (Fsp3) is 0.594. The minimum atomic E-state index is -1.57. The number of thioether (sulfide) groups is 1. The minimum Gasteiger partial charge on any atom is -0.480 e. The second-order valence-electron chi connectivity index (χ2n) is 12.8. The quantitative estimate of drug-likeness (QED) is 0.0484. The highest BCUT2D eigenvalue weighted by atomic mass is 32.2. The molecule has 0 fully saturated rings. The average molecular weight is 782 g/mol. The lowest BCUT2D eigenvalue weighted by Crippen LogP contribution is -2.60. The van der Waals surface area contributed by atoms with E-state index in [1.54, 1.807) is 20.1 Å². The third-order valence-corrected chi connectivity index (χ3v) is 8.51. The summed E-state index contributed by atoms with van der Waals surface area (Å²) >= 11 is 1.38. The van der Waals surface area contributed by atoms with E-state index in [9.17, 15) is 48.9 Å². The summed E-state index contributed by atoms with van der Waals surface area (Å²) in [5.41, 5.74) is 6.45. The summed E-state index contributed by atoms with van der Waals surface area (Å²) in [4.78, 5) is 104. The number of rotatable bonds is 24. The molecular weight excluding hydrogens is 730 g/mol. The molecule has 2 rings (SSSR count). The molecule has 300 valence electrons. The van der Waals surface area contributed by atoms with Crippen LogP contribution < -0.4 is 37.6 Å². The number of carbonyl (C=O) groups excluding carboxylic acids is 6. The number of aliphatic hydroxyl groups excluding tert-OH is 2. The van der Waals surface area contributed by atoms with Gasteiger partial charge in [0, 0.05) is 36.6 Å². The lowest BCUT2D eigenvalue weighted by atomic mass is 10.0. The number of nitrogens with zero attached hydrogens (tertiary/aromatic N) is 2. The van der Waals surface area contributed by atoms with Crippen LogP contribution in [0, 0.1) is 5.92 Å². The van der Waals surface area contributed by atoms with Crippen LogP contribution >= 0.6 is 11.8 Å². The van der Waals surface area contributed by atoms with E-state index in [1.807, 2.05) is 0 Å². The van der Waals surface area contributed by atoms with Gasteiger partial charge in [-0.05, 0) is 37.7 Å². The van der Waals surface area contributed by atoms with Crippen molar-refractivity contribution in [3.63, 3.8) is 0 Å². The Balaban J connectivity index is 2.18. The summed E-state index contributed by atoms with van der Waals surface area (Å²) in [5.74, 6) is -6.04. The summed E-state index contributed by atoms with van der Waals surface area (Å²) in [6.07, 6.45) is 6.09. The molecule has 21 nitrogen and oxygen atoms in total. The Labute approximate surface area is 315 Å². The molecule has 0 aromatic carbocycles. The second-order valence-corrected chi connectivity index (χ2v) is 13.8. The maximum Gasteiger partial charge on any atom is 0.326 e. The minimum absolute atomic E-state index is 0.0660. The number of aromatic amines is 2. The van der Waals surface area contributed by atoms with Crippen LogP contribution in [-0.2, 0) is 46.4 Å². The van der Waals surface area contributed by atoms with Gasteiger partial charge in [0.25, 0.3) is 0 Å². The van der Waals surface area contributed by atoms with E-state index < -0.39 is 96.9 Å². The number of aromatic nitrogens is 4. The Morgan fingerprint density at radius 2 is 1.26 bits per heavy atom. The fourth-order valence-corrected chi connectivity index (χ4v) is 5.35. The zero-order chi connectivity index (χ0) is 40.4. The van der Waals surface area contributed by atoms with E-state index >= 15 is 0 Å². The van der Waals surface area contributed by atoms with Crippen LogP contribution in [0.1, 0.15) is 45.0 Å². The van der Waals surface area contributed by atoms with Crippen molar-refractivity contribution >= 4 is 53.2 Å². The molecule has 0 unspecified atom stereocenters. The van der Waals surface area contributed by atoms with Gasteiger partial charge in [0.1, 0.15) is 36.3 Å². The molecule has 0 aliphatic heterocycles. The molecule has 2 heterocycles. The van der Waals surface area contributed by atoms with Crippen LogP contribution in [-0.4, -0.2) is 144 Å².